The molecular formula is C25H26N4O5S. The molecule has 2 amide bonds. The van der Waals surface area contributed by atoms with Crippen molar-refractivity contribution in [1.29, 1.82) is 0 Å². The van der Waals surface area contributed by atoms with Gasteiger partial charge in [0.05, 0.1) is 11.9 Å². The summed E-state index contributed by atoms with van der Waals surface area (Å²) in [4.78, 5) is 38.3. The van der Waals surface area contributed by atoms with Crippen LogP contribution in [0.25, 0.3) is 11.1 Å². The number of benzene rings is 2. The fraction of sp³-hybridized carbons (Fsp3) is 0.280. The first-order valence-electron chi connectivity index (χ1n) is 11.0. The third kappa shape index (κ3) is 5.17. The molecule has 1 aromatic heterocycles. The highest BCUT2D eigenvalue weighted by Crippen LogP contribution is 2.44. The maximum Gasteiger partial charge on any atom is 0.411 e. The number of nitrogens with one attached hydrogen (secondary N) is 1. The maximum atomic E-state index is 13.1. The minimum atomic E-state index is -1.12. The van der Waals surface area contributed by atoms with Gasteiger partial charge < -0.3 is 14.7 Å². The molecule has 0 radical (unpaired) electrons. The molecule has 1 aliphatic carbocycles. The number of aryl methyl sites for hydroxylation is 1. The number of thioether (sulfide) groups is 1. The highest BCUT2D eigenvalue weighted by molar-refractivity contribution is 7.98. The molecule has 0 saturated heterocycles. The molecule has 9 nitrogen and oxygen atoms in total. The van der Waals surface area contributed by atoms with Crippen molar-refractivity contribution >= 4 is 35.4 Å². The van der Waals surface area contributed by atoms with E-state index in [4.69, 9.17) is 4.74 Å². The van der Waals surface area contributed by atoms with Crippen LogP contribution in [0.15, 0.2) is 54.7 Å². The summed E-state index contributed by atoms with van der Waals surface area (Å²) in [6.45, 7) is -0.0704. The number of carboxylic acids is 1. The van der Waals surface area contributed by atoms with Gasteiger partial charge in [0.2, 0.25) is 0 Å². The lowest BCUT2D eigenvalue weighted by atomic mass is 9.98. The second-order valence-electron chi connectivity index (χ2n) is 8.09. The third-order valence-electron chi connectivity index (χ3n) is 5.90. The van der Waals surface area contributed by atoms with Crippen LogP contribution in [0.3, 0.4) is 0 Å². The van der Waals surface area contributed by atoms with Crippen molar-refractivity contribution in [2.75, 3.05) is 37.0 Å². The number of carbonyl (C=O) groups is 3. The highest BCUT2D eigenvalue weighted by atomic mass is 32.2. The van der Waals surface area contributed by atoms with Gasteiger partial charge in [-0.05, 0) is 28.5 Å². The van der Waals surface area contributed by atoms with Crippen molar-refractivity contribution in [3.63, 3.8) is 0 Å². The molecule has 182 valence electrons. The van der Waals surface area contributed by atoms with E-state index in [0.717, 1.165) is 22.3 Å². The summed E-state index contributed by atoms with van der Waals surface area (Å²) < 4.78 is 6.88. The quantitative estimate of drug-likeness (QED) is 0.467. The van der Waals surface area contributed by atoms with Gasteiger partial charge >= 0.3 is 12.1 Å². The normalized spacial score (nSPS) is 12.1. The molecule has 0 bridgehead atoms. The average molecular weight is 495 g/mol. The van der Waals surface area contributed by atoms with Crippen LogP contribution in [-0.4, -0.2) is 69.5 Å². The van der Waals surface area contributed by atoms with Gasteiger partial charge in [-0.25, -0.2) is 4.79 Å². The molecule has 0 saturated carbocycles. The fourth-order valence-corrected chi connectivity index (χ4v) is 4.70. The SMILES string of the molecule is CSCCN(CC(=O)O)C(=O)c1c(NC(=O)OCC2c3ccccc3-c3ccccc32)cnn1C. The molecule has 0 fully saturated rings. The zero-order chi connectivity index (χ0) is 24.9. The number of fused-ring (bicyclic) bond motifs is 3. The fourth-order valence-electron chi connectivity index (χ4n) is 4.29. The summed E-state index contributed by atoms with van der Waals surface area (Å²) in [6.07, 6.45) is 2.50. The van der Waals surface area contributed by atoms with Crippen molar-refractivity contribution in [2.45, 2.75) is 5.92 Å². The van der Waals surface area contributed by atoms with Gasteiger partial charge in [-0.3, -0.25) is 19.6 Å². The van der Waals surface area contributed by atoms with Crippen molar-refractivity contribution in [3.05, 3.63) is 71.5 Å². The summed E-state index contributed by atoms with van der Waals surface area (Å²) >= 11 is 1.50. The molecule has 3 aromatic rings. The Morgan fingerprint density at radius 2 is 1.74 bits per heavy atom. The predicted octanol–water partition coefficient (Wildman–Crippen LogP) is 3.67. The molecule has 1 heterocycles. The Hall–Kier alpha value is -3.79. The zero-order valence-electron chi connectivity index (χ0n) is 19.4. The minimum absolute atomic E-state index is 0.0841. The Balaban J connectivity index is 1.47. The Kier molecular flexibility index (Phi) is 7.40. The van der Waals surface area contributed by atoms with E-state index in [-0.39, 0.29) is 30.5 Å². The number of ether oxygens (including phenoxy) is 1. The summed E-state index contributed by atoms with van der Waals surface area (Å²) in [5.41, 5.74) is 4.69. The highest BCUT2D eigenvalue weighted by Gasteiger charge is 2.30. The molecule has 0 unspecified atom stereocenters. The van der Waals surface area contributed by atoms with Crippen molar-refractivity contribution in [3.8, 4) is 11.1 Å². The largest absolute Gasteiger partial charge is 0.480 e. The number of carboxylic acid groups (broad SMARTS) is 1. The molecule has 4 rings (SSSR count). The number of hydrogen-bond acceptors (Lipinski definition) is 6. The number of carbonyl (C=O) groups excluding carboxylic acids is 2. The topological polar surface area (TPSA) is 114 Å². The van der Waals surface area contributed by atoms with Crippen LogP contribution in [0.2, 0.25) is 0 Å². The van der Waals surface area contributed by atoms with Gasteiger partial charge in [-0.15, -0.1) is 0 Å². The number of aromatic nitrogens is 2. The molecule has 1 aliphatic rings. The number of aliphatic carboxylic acids is 1. The van der Waals surface area contributed by atoms with Gasteiger partial charge in [0, 0.05) is 25.3 Å². The van der Waals surface area contributed by atoms with Gasteiger partial charge in [0.15, 0.2) is 0 Å². The number of amides is 2. The first-order chi connectivity index (χ1) is 16.9. The van der Waals surface area contributed by atoms with E-state index >= 15 is 0 Å². The zero-order valence-corrected chi connectivity index (χ0v) is 20.2. The van der Waals surface area contributed by atoms with Crippen LogP contribution in [-0.2, 0) is 16.6 Å². The molecule has 35 heavy (non-hydrogen) atoms. The van der Waals surface area contributed by atoms with E-state index in [9.17, 15) is 19.5 Å². The molecule has 0 aliphatic heterocycles. The Bertz CT molecular complexity index is 1210. The second kappa shape index (κ2) is 10.6. The van der Waals surface area contributed by atoms with Crippen LogP contribution in [0.4, 0.5) is 10.5 Å². The molecular weight excluding hydrogens is 468 g/mol. The summed E-state index contributed by atoms with van der Waals surface area (Å²) in [7, 11) is 1.56. The summed E-state index contributed by atoms with van der Waals surface area (Å²) in [6, 6.07) is 16.1. The molecule has 2 N–H and O–H groups in total. The lowest BCUT2D eigenvalue weighted by Crippen LogP contribution is -2.38. The average Bonchev–Trinajstić information content (AvgIpc) is 3.37. The summed E-state index contributed by atoms with van der Waals surface area (Å²) in [5, 5.41) is 15.9. The van der Waals surface area contributed by atoms with E-state index in [1.807, 2.05) is 42.7 Å². The van der Waals surface area contributed by atoms with E-state index in [1.165, 1.54) is 27.5 Å². The maximum absolute atomic E-state index is 13.1. The molecule has 10 heteroatoms. The summed E-state index contributed by atoms with van der Waals surface area (Å²) in [5.74, 6) is -1.17. The lowest BCUT2D eigenvalue weighted by molar-refractivity contribution is -0.137. The predicted molar refractivity (Wildman–Crippen MR) is 134 cm³/mol. The number of hydrogen-bond donors (Lipinski definition) is 2. The number of anilines is 1. The first kappa shape index (κ1) is 24.3. The Morgan fingerprint density at radius 1 is 1.11 bits per heavy atom. The lowest BCUT2D eigenvalue weighted by Gasteiger charge is -2.21. The van der Waals surface area contributed by atoms with Crippen LogP contribution in [0, 0.1) is 0 Å². The van der Waals surface area contributed by atoms with Gasteiger partial charge in [0.25, 0.3) is 5.91 Å². The van der Waals surface area contributed by atoms with Crippen molar-refractivity contribution in [2.24, 2.45) is 7.05 Å². The number of nitrogens with zero attached hydrogens (tertiary/aromatic N) is 3. The van der Waals surface area contributed by atoms with Crippen molar-refractivity contribution in [1.82, 2.24) is 14.7 Å². The smallest absolute Gasteiger partial charge is 0.411 e. The molecule has 0 atom stereocenters. The van der Waals surface area contributed by atoms with E-state index in [2.05, 4.69) is 22.5 Å². The van der Waals surface area contributed by atoms with E-state index < -0.39 is 24.5 Å². The van der Waals surface area contributed by atoms with Crippen LogP contribution in [0.1, 0.15) is 27.5 Å². The van der Waals surface area contributed by atoms with Gasteiger partial charge in [-0.2, -0.15) is 16.9 Å². The second-order valence-corrected chi connectivity index (χ2v) is 9.08. The number of rotatable bonds is 9. The van der Waals surface area contributed by atoms with Gasteiger partial charge in [0.1, 0.15) is 18.8 Å². The Labute approximate surface area is 207 Å². The van der Waals surface area contributed by atoms with Gasteiger partial charge in [-0.1, -0.05) is 48.5 Å². The minimum Gasteiger partial charge on any atom is -0.480 e. The van der Waals surface area contributed by atoms with Crippen LogP contribution < -0.4 is 5.32 Å². The monoisotopic (exact) mass is 494 g/mol. The van der Waals surface area contributed by atoms with Crippen LogP contribution in [0.5, 0.6) is 0 Å². The molecule has 0 spiro atoms. The van der Waals surface area contributed by atoms with E-state index in [1.54, 1.807) is 7.05 Å². The molecule has 2 aromatic carbocycles. The third-order valence-corrected chi connectivity index (χ3v) is 6.49. The van der Waals surface area contributed by atoms with Crippen molar-refractivity contribution < 1.29 is 24.2 Å². The standard InChI is InChI=1S/C25H26N4O5S/c1-28-23(24(32)29(11-12-35-2)14-22(30)31)21(13-26-28)27-25(33)34-15-20-18-9-5-3-7-16(18)17-8-4-6-10-19(17)20/h3-10,13,20H,11-12,14-15H2,1-2H3,(H,27,33)(H,30,31). The Morgan fingerprint density at radius 3 is 2.34 bits per heavy atom. The van der Waals surface area contributed by atoms with Crippen LogP contribution >= 0.6 is 11.8 Å². The van der Waals surface area contributed by atoms with E-state index in [0.29, 0.717) is 5.75 Å². The first-order valence-corrected chi connectivity index (χ1v) is 12.4.